The molecule has 0 saturated carbocycles. The molecular formula is C13H14BrNS. The second-order valence-electron chi connectivity index (χ2n) is 3.91. The van der Waals surface area contributed by atoms with E-state index in [1.54, 1.807) is 11.3 Å². The number of halogens is 1. The van der Waals surface area contributed by atoms with Gasteiger partial charge in [0.2, 0.25) is 0 Å². The van der Waals surface area contributed by atoms with Gasteiger partial charge in [0.25, 0.3) is 0 Å². The highest BCUT2D eigenvalue weighted by Crippen LogP contribution is 2.28. The lowest BCUT2D eigenvalue weighted by molar-refractivity contribution is 0.889. The molecule has 1 aromatic heterocycles. The molecule has 84 valence electrons. The number of anilines is 1. The fourth-order valence-corrected chi connectivity index (χ4v) is 2.70. The number of rotatable bonds is 3. The van der Waals surface area contributed by atoms with E-state index in [2.05, 4.69) is 70.1 Å². The van der Waals surface area contributed by atoms with Gasteiger partial charge in [0.15, 0.2) is 0 Å². The summed E-state index contributed by atoms with van der Waals surface area (Å²) in [5.41, 5.74) is 3.75. The Morgan fingerprint density at radius 2 is 2.12 bits per heavy atom. The van der Waals surface area contributed by atoms with Gasteiger partial charge in [-0.3, -0.25) is 0 Å². The Hall–Kier alpha value is -0.800. The van der Waals surface area contributed by atoms with Crippen LogP contribution in [0.5, 0.6) is 0 Å². The van der Waals surface area contributed by atoms with Gasteiger partial charge >= 0.3 is 0 Å². The van der Waals surface area contributed by atoms with Crippen LogP contribution in [0.15, 0.2) is 39.5 Å². The van der Waals surface area contributed by atoms with Gasteiger partial charge in [-0.05, 0) is 69.9 Å². The Labute approximate surface area is 109 Å². The molecule has 16 heavy (non-hydrogen) atoms. The lowest BCUT2D eigenvalue weighted by Gasteiger charge is -2.16. The first kappa shape index (κ1) is 11.7. The summed E-state index contributed by atoms with van der Waals surface area (Å²) >= 11 is 5.30. The van der Waals surface area contributed by atoms with E-state index in [9.17, 15) is 0 Å². The average molecular weight is 296 g/mol. The monoisotopic (exact) mass is 295 g/mol. The van der Waals surface area contributed by atoms with Crippen molar-refractivity contribution in [3.8, 4) is 0 Å². The molecule has 1 unspecified atom stereocenters. The fourth-order valence-electron chi connectivity index (χ4n) is 1.59. The van der Waals surface area contributed by atoms with Crippen LogP contribution in [0.3, 0.4) is 0 Å². The summed E-state index contributed by atoms with van der Waals surface area (Å²) in [4.78, 5) is 0. The smallest absolute Gasteiger partial charge is 0.0494 e. The van der Waals surface area contributed by atoms with E-state index in [0.29, 0.717) is 6.04 Å². The highest BCUT2D eigenvalue weighted by Gasteiger charge is 2.07. The molecule has 0 fully saturated rings. The van der Waals surface area contributed by atoms with E-state index in [0.717, 1.165) is 10.2 Å². The Bertz CT molecular complexity index is 465. The summed E-state index contributed by atoms with van der Waals surface area (Å²) < 4.78 is 1.11. The normalized spacial score (nSPS) is 12.4. The van der Waals surface area contributed by atoms with Crippen molar-refractivity contribution in [1.29, 1.82) is 0 Å². The Morgan fingerprint density at radius 1 is 1.31 bits per heavy atom. The molecule has 0 amide bonds. The zero-order valence-electron chi connectivity index (χ0n) is 9.33. The minimum absolute atomic E-state index is 0.337. The van der Waals surface area contributed by atoms with Crippen LogP contribution in [0.4, 0.5) is 5.69 Å². The van der Waals surface area contributed by atoms with Crippen molar-refractivity contribution in [3.05, 3.63) is 50.6 Å². The predicted molar refractivity (Wildman–Crippen MR) is 75.2 cm³/mol. The third kappa shape index (κ3) is 2.66. The molecule has 0 bridgehead atoms. The summed E-state index contributed by atoms with van der Waals surface area (Å²) in [6.07, 6.45) is 0. The van der Waals surface area contributed by atoms with Gasteiger partial charge < -0.3 is 5.32 Å². The molecule has 0 aliphatic heterocycles. The molecule has 0 radical (unpaired) electrons. The minimum Gasteiger partial charge on any atom is -0.378 e. The van der Waals surface area contributed by atoms with Crippen LogP contribution in [0.25, 0.3) is 0 Å². The predicted octanol–water partition coefficient (Wildman–Crippen LogP) is 4.99. The first-order chi connectivity index (χ1) is 7.66. The largest absolute Gasteiger partial charge is 0.378 e. The van der Waals surface area contributed by atoms with Crippen molar-refractivity contribution in [2.45, 2.75) is 19.9 Å². The second kappa shape index (κ2) is 5.02. The van der Waals surface area contributed by atoms with Gasteiger partial charge in [-0.15, -0.1) is 0 Å². The number of aryl methyl sites for hydroxylation is 1. The summed E-state index contributed by atoms with van der Waals surface area (Å²) in [7, 11) is 0. The summed E-state index contributed by atoms with van der Waals surface area (Å²) in [5.74, 6) is 0. The van der Waals surface area contributed by atoms with E-state index < -0.39 is 0 Å². The lowest BCUT2D eigenvalue weighted by Crippen LogP contribution is -2.06. The molecule has 1 N–H and O–H groups in total. The Morgan fingerprint density at radius 3 is 2.81 bits per heavy atom. The van der Waals surface area contributed by atoms with Crippen molar-refractivity contribution in [2.75, 3.05) is 5.32 Å². The van der Waals surface area contributed by atoms with Crippen LogP contribution >= 0.6 is 27.3 Å². The number of benzene rings is 1. The highest BCUT2D eigenvalue weighted by molar-refractivity contribution is 9.10. The molecule has 1 nitrogen and oxygen atoms in total. The van der Waals surface area contributed by atoms with Crippen molar-refractivity contribution in [2.24, 2.45) is 0 Å². The van der Waals surface area contributed by atoms with Crippen molar-refractivity contribution >= 4 is 33.0 Å². The standard InChI is InChI=1S/C13H14BrNS/c1-9-3-4-12(14)13(7-9)15-10(2)11-5-6-16-8-11/h3-8,10,15H,1-2H3. The summed E-state index contributed by atoms with van der Waals surface area (Å²) in [6.45, 7) is 4.28. The van der Waals surface area contributed by atoms with Gasteiger partial charge in [-0.25, -0.2) is 0 Å². The zero-order chi connectivity index (χ0) is 11.5. The van der Waals surface area contributed by atoms with Crippen LogP contribution in [0.2, 0.25) is 0 Å². The SMILES string of the molecule is Cc1ccc(Br)c(NC(C)c2ccsc2)c1. The first-order valence-corrected chi connectivity index (χ1v) is 6.95. The van der Waals surface area contributed by atoms with E-state index in [4.69, 9.17) is 0 Å². The molecule has 0 saturated heterocycles. The first-order valence-electron chi connectivity index (χ1n) is 5.21. The average Bonchev–Trinajstić information content (AvgIpc) is 2.76. The number of hydrogen-bond acceptors (Lipinski definition) is 2. The quantitative estimate of drug-likeness (QED) is 0.841. The summed E-state index contributed by atoms with van der Waals surface area (Å²) in [6, 6.07) is 8.84. The molecule has 0 spiro atoms. The maximum absolute atomic E-state index is 3.56. The van der Waals surface area contributed by atoms with Crippen LogP contribution in [-0.2, 0) is 0 Å². The van der Waals surface area contributed by atoms with E-state index in [1.807, 2.05) is 0 Å². The van der Waals surface area contributed by atoms with Gasteiger partial charge in [-0.1, -0.05) is 6.07 Å². The number of nitrogens with one attached hydrogen (secondary N) is 1. The molecule has 2 aromatic rings. The number of thiophene rings is 1. The third-order valence-corrected chi connectivity index (χ3v) is 3.93. The van der Waals surface area contributed by atoms with Gasteiger partial charge in [0, 0.05) is 16.2 Å². The molecular weight excluding hydrogens is 282 g/mol. The topological polar surface area (TPSA) is 12.0 Å². The Balaban J connectivity index is 2.17. The van der Waals surface area contributed by atoms with Crippen LogP contribution < -0.4 is 5.32 Å². The molecule has 1 heterocycles. The van der Waals surface area contributed by atoms with Crippen molar-refractivity contribution < 1.29 is 0 Å². The van der Waals surface area contributed by atoms with E-state index in [1.165, 1.54) is 11.1 Å². The minimum atomic E-state index is 0.337. The van der Waals surface area contributed by atoms with E-state index >= 15 is 0 Å². The van der Waals surface area contributed by atoms with Crippen LogP contribution in [0, 0.1) is 6.92 Å². The van der Waals surface area contributed by atoms with Gasteiger partial charge in [0.1, 0.15) is 0 Å². The molecule has 1 aromatic carbocycles. The number of hydrogen-bond donors (Lipinski definition) is 1. The zero-order valence-corrected chi connectivity index (χ0v) is 11.7. The maximum atomic E-state index is 3.56. The third-order valence-electron chi connectivity index (χ3n) is 2.54. The second-order valence-corrected chi connectivity index (χ2v) is 5.54. The molecule has 3 heteroatoms. The molecule has 0 aliphatic carbocycles. The molecule has 1 atom stereocenters. The van der Waals surface area contributed by atoms with Crippen LogP contribution in [-0.4, -0.2) is 0 Å². The van der Waals surface area contributed by atoms with E-state index in [-0.39, 0.29) is 0 Å². The van der Waals surface area contributed by atoms with Crippen molar-refractivity contribution in [1.82, 2.24) is 0 Å². The molecule has 2 rings (SSSR count). The van der Waals surface area contributed by atoms with Crippen molar-refractivity contribution in [3.63, 3.8) is 0 Å². The van der Waals surface area contributed by atoms with Crippen LogP contribution in [0.1, 0.15) is 24.1 Å². The Kier molecular flexibility index (Phi) is 3.66. The summed E-state index contributed by atoms with van der Waals surface area (Å²) in [5, 5.41) is 7.81. The fraction of sp³-hybridized carbons (Fsp3) is 0.231. The lowest BCUT2D eigenvalue weighted by atomic mass is 10.1. The molecule has 0 aliphatic rings. The van der Waals surface area contributed by atoms with Gasteiger partial charge in [-0.2, -0.15) is 11.3 Å². The maximum Gasteiger partial charge on any atom is 0.0494 e. The van der Waals surface area contributed by atoms with Gasteiger partial charge in [0.05, 0.1) is 0 Å². The highest BCUT2D eigenvalue weighted by atomic mass is 79.9.